The Balaban J connectivity index is 1.33. The van der Waals surface area contributed by atoms with E-state index in [0.717, 1.165) is 27.7 Å². The van der Waals surface area contributed by atoms with Gasteiger partial charge >= 0.3 is 7.12 Å². The van der Waals surface area contributed by atoms with Crippen molar-refractivity contribution >= 4 is 24.0 Å². The van der Waals surface area contributed by atoms with Crippen LogP contribution in [-0.2, 0) is 16.0 Å². The minimum absolute atomic E-state index is 0.0627. The second kappa shape index (κ2) is 6.77. The molecule has 2 bridgehead atoms. The lowest BCUT2D eigenvalue weighted by atomic mass is 9.75. The van der Waals surface area contributed by atoms with Gasteiger partial charge in [0.1, 0.15) is 5.58 Å². The van der Waals surface area contributed by atoms with Crippen LogP contribution in [0.5, 0.6) is 0 Å². The molecule has 5 rings (SSSR count). The van der Waals surface area contributed by atoms with Gasteiger partial charge < -0.3 is 24.5 Å². The van der Waals surface area contributed by atoms with Crippen LogP contribution in [0.25, 0.3) is 11.0 Å². The molecule has 3 aromatic rings. The van der Waals surface area contributed by atoms with E-state index in [-0.39, 0.29) is 30.5 Å². The van der Waals surface area contributed by atoms with Crippen molar-refractivity contribution in [1.82, 2.24) is 5.32 Å². The molecule has 0 spiro atoms. The molecule has 3 heterocycles. The predicted octanol–water partition coefficient (Wildman–Crippen LogP) is 2.30. The van der Waals surface area contributed by atoms with Crippen LogP contribution < -0.4 is 5.32 Å². The maximum absolute atomic E-state index is 12.9. The molecule has 0 radical (unpaired) electrons. The molecule has 1 amide bonds. The molecular formula is C21H20BNO5. The van der Waals surface area contributed by atoms with E-state index < -0.39 is 13.1 Å². The second-order valence-electron chi connectivity index (χ2n) is 7.51. The Labute approximate surface area is 162 Å². The molecule has 1 fully saturated rings. The summed E-state index contributed by atoms with van der Waals surface area (Å²) in [7, 11) is -1.68. The first-order valence-electron chi connectivity index (χ1n) is 9.47. The van der Waals surface area contributed by atoms with Crippen LogP contribution in [0.4, 0.5) is 0 Å². The zero-order valence-electron chi connectivity index (χ0n) is 15.1. The fraction of sp³-hybridized carbons (Fsp3) is 0.286. The zero-order valence-corrected chi connectivity index (χ0v) is 15.1. The minimum atomic E-state index is -1.68. The molecule has 7 heteroatoms. The van der Waals surface area contributed by atoms with Crippen molar-refractivity contribution in [3.05, 3.63) is 71.5 Å². The van der Waals surface area contributed by atoms with Crippen LogP contribution in [-0.4, -0.2) is 29.0 Å². The fourth-order valence-corrected chi connectivity index (χ4v) is 4.43. The fourth-order valence-electron chi connectivity index (χ4n) is 4.43. The molecule has 1 aromatic heterocycles. The smallest absolute Gasteiger partial charge is 0.464 e. The van der Waals surface area contributed by atoms with Crippen LogP contribution in [0, 0.1) is 5.92 Å². The molecule has 142 valence electrons. The van der Waals surface area contributed by atoms with Crippen molar-refractivity contribution in [3.8, 4) is 0 Å². The van der Waals surface area contributed by atoms with E-state index in [4.69, 9.17) is 9.15 Å². The SMILES string of the molecule is O=C(N[C@@H](Cc1coc2ccccc12)B(O)O)C1C[C@H]2O[C@@H]1c1ccccc12. The van der Waals surface area contributed by atoms with E-state index in [1.165, 1.54) is 0 Å². The van der Waals surface area contributed by atoms with Crippen molar-refractivity contribution < 1.29 is 24.0 Å². The maximum Gasteiger partial charge on any atom is 0.475 e. The summed E-state index contributed by atoms with van der Waals surface area (Å²) in [6.07, 6.45) is 2.14. The molecule has 1 saturated heterocycles. The quantitative estimate of drug-likeness (QED) is 0.594. The molecule has 1 unspecified atom stereocenters. The number of carbonyl (C=O) groups is 1. The molecule has 4 atom stereocenters. The van der Waals surface area contributed by atoms with E-state index in [2.05, 4.69) is 5.32 Å². The third kappa shape index (κ3) is 2.83. The van der Waals surface area contributed by atoms with Gasteiger partial charge in [-0.05, 0) is 35.6 Å². The van der Waals surface area contributed by atoms with Gasteiger partial charge in [-0.2, -0.15) is 0 Å². The van der Waals surface area contributed by atoms with Gasteiger partial charge in [0.15, 0.2) is 0 Å². The second-order valence-corrected chi connectivity index (χ2v) is 7.51. The molecule has 6 nitrogen and oxygen atoms in total. The summed E-state index contributed by atoms with van der Waals surface area (Å²) >= 11 is 0. The number of amides is 1. The first-order valence-corrected chi connectivity index (χ1v) is 9.47. The number of ether oxygens (including phenoxy) is 1. The number of fused-ring (bicyclic) bond motifs is 6. The molecule has 0 saturated carbocycles. The number of para-hydroxylation sites is 1. The van der Waals surface area contributed by atoms with Crippen LogP contribution in [0.15, 0.2) is 59.2 Å². The largest absolute Gasteiger partial charge is 0.475 e. The van der Waals surface area contributed by atoms with Gasteiger partial charge in [0.2, 0.25) is 5.91 Å². The monoisotopic (exact) mass is 377 g/mol. The molecule has 2 aliphatic rings. The molecule has 2 aliphatic heterocycles. The lowest BCUT2D eigenvalue weighted by Gasteiger charge is -2.24. The van der Waals surface area contributed by atoms with Gasteiger partial charge in [-0.15, -0.1) is 0 Å². The summed E-state index contributed by atoms with van der Waals surface area (Å²) in [4.78, 5) is 12.9. The van der Waals surface area contributed by atoms with Crippen LogP contribution >= 0.6 is 0 Å². The summed E-state index contributed by atoms with van der Waals surface area (Å²) < 4.78 is 11.5. The number of carbonyl (C=O) groups excluding carboxylic acids is 1. The summed E-state index contributed by atoms with van der Waals surface area (Å²) in [5, 5.41) is 23.4. The summed E-state index contributed by atoms with van der Waals surface area (Å²) in [6.45, 7) is 0. The summed E-state index contributed by atoms with van der Waals surface area (Å²) in [5.74, 6) is -1.38. The highest BCUT2D eigenvalue weighted by molar-refractivity contribution is 6.43. The summed E-state index contributed by atoms with van der Waals surface area (Å²) in [5.41, 5.74) is 3.76. The lowest BCUT2D eigenvalue weighted by molar-refractivity contribution is -0.127. The molecule has 2 aromatic carbocycles. The number of benzene rings is 2. The van der Waals surface area contributed by atoms with E-state index in [1.54, 1.807) is 6.26 Å². The van der Waals surface area contributed by atoms with E-state index in [9.17, 15) is 14.8 Å². The standard InChI is InChI=1S/C21H20BNO5/c24-21(16-10-18-14-6-1-2-7-15(14)20(16)28-18)23-19(22(25)26)9-12-11-27-17-8-4-3-5-13(12)17/h1-8,11,16,18-20,25-26H,9-10H2,(H,23,24)/t16?,18-,19+,20-/m1/s1. The number of hydrogen-bond acceptors (Lipinski definition) is 5. The van der Waals surface area contributed by atoms with Crippen molar-refractivity contribution in [2.24, 2.45) is 5.92 Å². The average molecular weight is 377 g/mol. The Hall–Kier alpha value is -2.61. The van der Waals surface area contributed by atoms with Gasteiger partial charge in [-0.3, -0.25) is 4.79 Å². The van der Waals surface area contributed by atoms with Crippen molar-refractivity contribution in [1.29, 1.82) is 0 Å². The molecular weight excluding hydrogens is 357 g/mol. The topological polar surface area (TPSA) is 91.9 Å². The van der Waals surface area contributed by atoms with Crippen molar-refractivity contribution in [2.75, 3.05) is 0 Å². The van der Waals surface area contributed by atoms with Gasteiger partial charge in [0.05, 0.1) is 30.3 Å². The normalized spacial score (nSPS) is 23.6. The van der Waals surface area contributed by atoms with E-state index in [0.29, 0.717) is 6.42 Å². The highest BCUT2D eigenvalue weighted by atomic mass is 16.5. The molecule has 0 aliphatic carbocycles. The Morgan fingerprint density at radius 2 is 1.89 bits per heavy atom. The van der Waals surface area contributed by atoms with Gasteiger partial charge in [0, 0.05) is 5.39 Å². The minimum Gasteiger partial charge on any atom is -0.464 e. The Kier molecular flexibility index (Phi) is 4.23. The Bertz CT molecular complexity index is 1030. The number of nitrogens with one attached hydrogen (secondary N) is 1. The highest BCUT2D eigenvalue weighted by Crippen LogP contribution is 2.53. The highest BCUT2D eigenvalue weighted by Gasteiger charge is 2.48. The lowest BCUT2D eigenvalue weighted by Crippen LogP contribution is -2.50. The third-order valence-electron chi connectivity index (χ3n) is 5.82. The number of rotatable bonds is 5. The number of furan rings is 1. The van der Waals surface area contributed by atoms with Gasteiger partial charge in [-0.25, -0.2) is 0 Å². The summed E-state index contributed by atoms with van der Waals surface area (Å²) in [6, 6.07) is 15.5. The first-order chi connectivity index (χ1) is 13.6. The van der Waals surface area contributed by atoms with Crippen molar-refractivity contribution in [2.45, 2.75) is 31.0 Å². The maximum atomic E-state index is 12.9. The Morgan fingerprint density at radius 1 is 1.14 bits per heavy atom. The van der Waals surface area contributed by atoms with Crippen LogP contribution in [0.3, 0.4) is 0 Å². The van der Waals surface area contributed by atoms with Crippen LogP contribution in [0.1, 0.15) is 35.3 Å². The predicted molar refractivity (Wildman–Crippen MR) is 103 cm³/mol. The van der Waals surface area contributed by atoms with Gasteiger partial charge in [0.25, 0.3) is 0 Å². The van der Waals surface area contributed by atoms with E-state index in [1.807, 2.05) is 48.5 Å². The Morgan fingerprint density at radius 3 is 2.71 bits per heavy atom. The zero-order chi connectivity index (χ0) is 19.3. The molecule has 28 heavy (non-hydrogen) atoms. The number of hydrogen-bond donors (Lipinski definition) is 3. The van der Waals surface area contributed by atoms with Crippen LogP contribution in [0.2, 0.25) is 0 Å². The average Bonchev–Trinajstić information content (AvgIpc) is 3.41. The van der Waals surface area contributed by atoms with E-state index >= 15 is 0 Å². The first kappa shape index (κ1) is 17.5. The van der Waals surface area contributed by atoms with Gasteiger partial charge in [-0.1, -0.05) is 42.5 Å². The van der Waals surface area contributed by atoms with Crippen molar-refractivity contribution in [3.63, 3.8) is 0 Å². The molecule has 3 N–H and O–H groups in total. The third-order valence-corrected chi connectivity index (χ3v) is 5.82.